The van der Waals surface area contributed by atoms with Crippen molar-refractivity contribution in [2.75, 3.05) is 117 Å². The second kappa shape index (κ2) is 47.3. The number of thioether (sulfide) groups is 1. The number of likely N-dealkylation sites (N-methyl/N-ethyl adjacent to an activating group) is 2. The van der Waals surface area contributed by atoms with Gasteiger partial charge in [-0.3, -0.25) is 28.8 Å². The number of hydrogen-bond acceptors (Lipinski definition) is 27. The van der Waals surface area contributed by atoms with Crippen LogP contribution < -0.4 is 37.2 Å². The molecule has 0 aliphatic carbocycles. The molecule has 2 saturated heterocycles. The van der Waals surface area contributed by atoms with Crippen LogP contribution in [0.25, 0.3) is 22.5 Å². The van der Waals surface area contributed by atoms with Gasteiger partial charge in [-0.15, -0.1) is 10.2 Å². The van der Waals surface area contributed by atoms with Crippen LogP contribution >= 0.6 is 11.8 Å². The molecule has 2 aromatic heterocycles. The Morgan fingerprint density at radius 1 is 0.597 bits per heavy atom. The number of urea groups is 1. The van der Waals surface area contributed by atoms with E-state index in [1.807, 2.05) is 48.5 Å². The van der Waals surface area contributed by atoms with Gasteiger partial charge in [-0.2, -0.15) is 0 Å². The summed E-state index contributed by atoms with van der Waals surface area (Å²) >= 11 is 0.693. The van der Waals surface area contributed by atoms with Gasteiger partial charge in [0.05, 0.1) is 77.5 Å². The molecule has 0 bridgehead atoms. The van der Waals surface area contributed by atoms with Crippen molar-refractivity contribution in [3.63, 3.8) is 0 Å². The number of benzene rings is 5. The highest BCUT2D eigenvalue weighted by Gasteiger charge is 2.53. The third-order valence-electron chi connectivity index (χ3n) is 20.0. The second-order valence-electron chi connectivity index (χ2n) is 29.6. The summed E-state index contributed by atoms with van der Waals surface area (Å²) in [5.41, 5.74) is 7.32. The lowest BCUT2D eigenvalue weighted by molar-refractivity contribution is -0.193. The Labute approximate surface area is 717 Å². The fraction of sp³-hybridized carbons (Fsp3) is 0.464. The van der Waals surface area contributed by atoms with E-state index in [0.717, 1.165) is 37.9 Å². The second-order valence-corrected chi connectivity index (χ2v) is 30.8. The Balaban J connectivity index is 0.621. The maximum Gasteiger partial charge on any atom is 0.409 e. The number of nitrogens with two attached hydrogens (primary N) is 1. The van der Waals surface area contributed by atoms with E-state index in [9.17, 15) is 72.4 Å². The first kappa shape index (κ1) is 94.6. The van der Waals surface area contributed by atoms with Gasteiger partial charge >= 0.3 is 24.2 Å². The fourth-order valence-electron chi connectivity index (χ4n) is 13.3. The Hall–Kier alpha value is -11.6. The minimum atomic E-state index is -1.73. The molecule has 124 heavy (non-hydrogen) atoms. The van der Waals surface area contributed by atoms with Crippen molar-refractivity contribution >= 4 is 76.9 Å². The van der Waals surface area contributed by atoms with Crippen molar-refractivity contribution in [2.45, 2.75) is 138 Å². The van der Waals surface area contributed by atoms with Gasteiger partial charge in [0.1, 0.15) is 115 Å². The van der Waals surface area contributed by atoms with Crippen LogP contribution in [0.15, 0.2) is 134 Å². The number of aliphatic hydroxyl groups excluding tert-OH is 4. The molecule has 40 heteroatoms. The summed E-state index contributed by atoms with van der Waals surface area (Å²) in [5.74, 6) is 1.89. The molecule has 2 fully saturated rings. The molecule has 7 aromatic rings. The predicted octanol–water partition coefficient (Wildman–Crippen LogP) is 4.10. The molecule has 0 radical (unpaired) electrons. The molecule has 9 amide bonds. The number of rotatable bonds is 43. The summed E-state index contributed by atoms with van der Waals surface area (Å²) in [5, 5.41) is 77.9. The number of halogens is 2. The van der Waals surface area contributed by atoms with Crippen molar-refractivity contribution in [1.29, 1.82) is 0 Å². The van der Waals surface area contributed by atoms with Crippen LogP contribution in [0.5, 0.6) is 0 Å². The largest absolute Gasteiger partial charge is 0.463 e. The van der Waals surface area contributed by atoms with E-state index in [1.165, 1.54) is 67.8 Å². The molecule has 10 rings (SSSR count). The lowest BCUT2D eigenvalue weighted by Crippen LogP contribution is -2.58. The standard InChI is InChI=1S/C84H103F2N15O22S/c1-51(2)71(92-69(104)30-35-115-37-39-117-41-42-118-40-38-116-36-32-88-68(103)28-29-70(105)99-45-58-15-7-6-13-54(58)24-25-55-14-8-9-21-65(55)99)79(111)91-62(20-12-31-89-82(87)112)78(110)90-61-26-22-53(23-27-61)48-120-83(113)97(4)33-34-98(5)84(114)121-50-67-75(107)73(101-47-64(94-96-101)57-17-11-19-60(86)44-57)77(109)81(123-67)124-80-76(108)72(74(106)66(122-80)49-119-52(3)102)100-46-63(93-95-100)56-16-10-18-59(85)43-56/h6-11,13-19,21-23,26-27,43-44,46-47,51,62,66-67,71-77,80-81,106-109H,12,20,28-42,45,48-50H2,1-5H3,(H,88,103)(H,90,110)(H,91,111)(H,92,104)(H3,87,89,112)/t62-,66+,67+,71-,72-,73-,74-,75-,76+,77+,80-,81-/m0/s1. The maximum absolute atomic E-state index is 14.4. The van der Waals surface area contributed by atoms with Crippen molar-refractivity contribution in [2.24, 2.45) is 11.7 Å². The summed E-state index contributed by atoms with van der Waals surface area (Å²) < 4.78 is 82.1. The number of anilines is 2. The first-order valence-corrected chi connectivity index (χ1v) is 41.2. The molecular formula is C84H103F2N15O22S. The van der Waals surface area contributed by atoms with Crippen molar-refractivity contribution < 1.29 is 115 Å². The molecule has 666 valence electrons. The normalized spacial score (nSPS) is 19.5. The third-order valence-corrected chi connectivity index (χ3v) is 21.4. The van der Waals surface area contributed by atoms with E-state index in [4.69, 9.17) is 48.4 Å². The molecular weight excluding hydrogens is 1640 g/mol. The van der Waals surface area contributed by atoms with Crippen LogP contribution in [0.2, 0.25) is 0 Å². The van der Waals surface area contributed by atoms with E-state index >= 15 is 0 Å². The molecule has 37 nitrogen and oxygen atoms in total. The smallest absolute Gasteiger partial charge is 0.409 e. The summed E-state index contributed by atoms with van der Waals surface area (Å²) in [4.78, 5) is 121. The van der Waals surface area contributed by atoms with Crippen LogP contribution in [-0.2, 0) is 84.6 Å². The SMILES string of the molecule is CC(=O)OC[C@H]1O[C@@H](S[C@@H]2O[C@H](COC(=O)N(C)CCN(C)C(=O)OCc3ccc(NC(=O)[C@H](CCCNC(N)=O)NC(=O)[C@@H](NC(=O)CCOCCOCCOCCOCCNC(=O)CCC(=O)N4Cc5ccccc5C#Cc5ccccc54)C(C)C)cc3)[C@H](O)[C@H](n3cc(-c4cccc(F)c4)nn3)[C@H]2O)[C@H](O)[C@@H](n2cc(-c3cccc(F)c3)nn2)[C@H]1O. The Morgan fingerprint density at radius 3 is 1.71 bits per heavy atom. The van der Waals surface area contributed by atoms with Crippen molar-refractivity contribution in [3.05, 3.63) is 168 Å². The number of aliphatic hydroxyl groups is 4. The third kappa shape index (κ3) is 27.9. The number of nitrogens with one attached hydrogen (secondary N) is 5. The number of nitrogens with zero attached hydrogens (tertiary/aromatic N) is 9. The molecule has 0 spiro atoms. The zero-order chi connectivity index (χ0) is 88.8. The molecule has 11 N–H and O–H groups in total. The van der Waals surface area contributed by atoms with Crippen LogP contribution in [0, 0.1) is 29.4 Å². The predicted molar refractivity (Wildman–Crippen MR) is 442 cm³/mol. The molecule has 0 unspecified atom stereocenters. The molecule has 5 heterocycles. The zero-order valence-electron chi connectivity index (χ0n) is 69.0. The van der Waals surface area contributed by atoms with E-state index < -0.39 is 144 Å². The van der Waals surface area contributed by atoms with Crippen molar-refractivity contribution in [1.82, 2.24) is 61.1 Å². The van der Waals surface area contributed by atoms with Gasteiger partial charge in [0.25, 0.3) is 0 Å². The number of carbonyl (C=O) groups excluding carboxylic acids is 9. The summed E-state index contributed by atoms with van der Waals surface area (Å²) in [6.45, 7) is 5.43. The van der Waals surface area contributed by atoms with E-state index in [-0.39, 0.29) is 141 Å². The average molecular weight is 1740 g/mol. The Bertz CT molecular complexity index is 4810. The van der Waals surface area contributed by atoms with E-state index in [2.05, 4.69) is 59.0 Å². The molecule has 5 aromatic carbocycles. The van der Waals surface area contributed by atoms with Crippen LogP contribution in [0.4, 0.5) is 34.5 Å². The average Bonchev–Trinajstić information content (AvgIpc) is 1.41. The Kier molecular flexibility index (Phi) is 36.1. The minimum Gasteiger partial charge on any atom is -0.463 e. The number of carbonyl (C=O) groups is 9. The highest BCUT2D eigenvalue weighted by molar-refractivity contribution is 8.00. The quantitative estimate of drug-likeness (QED) is 0.0111. The highest BCUT2D eigenvalue weighted by atomic mass is 32.2. The summed E-state index contributed by atoms with van der Waals surface area (Å²) in [6.07, 6.45) is -8.36. The van der Waals surface area contributed by atoms with Gasteiger partial charge in [0, 0.05) is 94.4 Å². The number of aromatic nitrogens is 6. The summed E-state index contributed by atoms with van der Waals surface area (Å²) in [6, 6.07) is 26.5. The topological polar surface area (TPSA) is 475 Å². The van der Waals surface area contributed by atoms with Crippen molar-refractivity contribution in [3.8, 4) is 34.4 Å². The molecule has 3 aliphatic heterocycles. The summed E-state index contributed by atoms with van der Waals surface area (Å²) in [7, 11) is 2.80. The highest BCUT2D eigenvalue weighted by Crippen LogP contribution is 2.43. The number of fused-ring (bicyclic) bond motifs is 2. The molecule has 12 atom stereocenters. The number of para-hydroxylation sites is 1. The number of primary amides is 1. The lowest BCUT2D eigenvalue weighted by Gasteiger charge is -2.46. The van der Waals surface area contributed by atoms with Gasteiger partial charge in [0.2, 0.25) is 29.5 Å². The first-order valence-electron chi connectivity index (χ1n) is 40.2. The number of amides is 9. The van der Waals surface area contributed by atoms with Crippen LogP contribution in [0.1, 0.15) is 87.2 Å². The monoisotopic (exact) mass is 1740 g/mol. The lowest BCUT2D eigenvalue weighted by atomic mass is 9.97. The molecule has 3 aliphatic rings. The van der Waals surface area contributed by atoms with Gasteiger partial charge in [0.15, 0.2) is 0 Å². The van der Waals surface area contributed by atoms with Gasteiger partial charge in [-0.05, 0) is 84.5 Å². The molecule has 0 saturated carbocycles. The fourth-order valence-corrected chi connectivity index (χ4v) is 14.6. The number of hydrogen-bond donors (Lipinski definition) is 10. The zero-order valence-corrected chi connectivity index (χ0v) is 69.8. The first-order chi connectivity index (χ1) is 59.7. The minimum absolute atomic E-state index is 0.0131. The Morgan fingerprint density at radius 2 is 1.14 bits per heavy atom. The number of esters is 1. The maximum atomic E-state index is 14.4. The van der Waals surface area contributed by atoms with Crippen LogP contribution in [0.3, 0.4) is 0 Å². The van der Waals surface area contributed by atoms with Gasteiger partial charge < -0.3 is 110 Å². The van der Waals surface area contributed by atoms with E-state index in [0.29, 0.717) is 46.4 Å². The van der Waals surface area contributed by atoms with Gasteiger partial charge in [-0.25, -0.2) is 32.5 Å². The number of ether oxygens (including phenoxy) is 9. The van der Waals surface area contributed by atoms with E-state index in [1.54, 1.807) is 55.1 Å². The van der Waals surface area contributed by atoms with Gasteiger partial charge in [-0.1, -0.05) is 115 Å². The van der Waals surface area contributed by atoms with Crippen LogP contribution in [-0.4, -0.2) is 280 Å².